The minimum Gasteiger partial charge on any atom is -0.388 e. The van der Waals surface area contributed by atoms with Gasteiger partial charge in [0.2, 0.25) is 0 Å². The van der Waals surface area contributed by atoms with Gasteiger partial charge in [0, 0.05) is 0 Å². The highest BCUT2D eigenvalue weighted by atomic mass is 16.5. The van der Waals surface area contributed by atoms with Gasteiger partial charge in [-0.25, -0.2) is 0 Å². The van der Waals surface area contributed by atoms with Crippen LogP contribution in [-0.2, 0) is 4.74 Å². The lowest BCUT2D eigenvalue weighted by Crippen LogP contribution is -2.31. The van der Waals surface area contributed by atoms with E-state index < -0.39 is 30.6 Å². The summed E-state index contributed by atoms with van der Waals surface area (Å²) >= 11 is 0. The number of rotatable bonds is 5. The molecule has 0 aliphatic carbocycles. The first-order valence-electron chi connectivity index (χ1n) is 5.23. The van der Waals surface area contributed by atoms with Crippen molar-refractivity contribution in [3.63, 3.8) is 0 Å². The molecule has 1 rings (SSSR count). The summed E-state index contributed by atoms with van der Waals surface area (Å²) in [5.74, 6) is 0. The van der Waals surface area contributed by atoms with Crippen LogP contribution in [0.15, 0.2) is 0 Å². The zero-order chi connectivity index (χ0) is 11.4. The molecule has 0 aromatic heterocycles. The number of aliphatic hydroxyl groups is 3. The van der Waals surface area contributed by atoms with Crippen LogP contribution in [0.2, 0.25) is 0 Å². The van der Waals surface area contributed by atoms with Crippen molar-refractivity contribution < 1.29 is 20.1 Å². The van der Waals surface area contributed by atoms with Crippen molar-refractivity contribution in [2.24, 2.45) is 5.73 Å². The summed E-state index contributed by atoms with van der Waals surface area (Å²) in [5, 5.41) is 27.6. The fourth-order valence-electron chi connectivity index (χ4n) is 1.71. The first-order chi connectivity index (χ1) is 7.02. The molecule has 0 spiro atoms. The Morgan fingerprint density at radius 3 is 2.40 bits per heavy atom. The molecule has 0 bridgehead atoms. The zero-order valence-electron chi connectivity index (χ0n) is 8.62. The van der Waals surface area contributed by atoms with Crippen molar-refractivity contribution in [2.75, 3.05) is 0 Å². The molecule has 5 atom stereocenters. The van der Waals surface area contributed by atoms with E-state index in [-0.39, 0.29) is 0 Å². The van der Waals surface area contributed by atoms with E-state index in [1.165, 1.54) is 0 Å². The molecule has 0 saturated carbocycles. The molecular formula is C10H19NO4. The molecule has 5 N–H and O–H groups in total. The molecule has 1 aliphatic rings. The number of ether oxygens (including phenoxy) is 1. The van der Waals surface area contributed by atoms with Crippen LogP contribution in [0.4, 0.5) is 0 Å². The van der Waals surface area contributed by atoms with Crippen molar-refractivity contribution in [3.8, 4) is 0 Å². The predicted octanol–water partition coefficient (Wildman–Crippen LogP) is -0.976. The number of aliphatic hydroxyl groups excluding tert-OH is 3. The lowest BCUT2D eigenvalue weighted by molar-refractivity contribution is 0.0143. The van der Waals surface area contributed by atoms with Crippen molar-refractivity contribution in [2.45, 2.75) is 56.3 Å². The highest BCUT2D eigenvalue weighted by Crippen LogP contribution is 2.24. The number of nitrogens with two attached hydrogens (primary N) is 1. The largest absolute Gasteiger partial charge is 0.388 e. The SMILES string of the molecule is [CH][C@@H]1O[C@H](CCCCC(N)O)[C@H](O)C1O. The molecule has 5 nitrogen and oxygen atoms in total. The average molecular weight is 217 g/mol. The van der Waals surface area contributed by atoms with Gasteiger partial charge in [0.05, 0.1) is 12.2 Å². The van der Waals surface area contributed by atoms with Gasteiger partial charge in [-0.15, -0.1) is 0 Å². The van der Waals surface area contributed by atoms with Gasteiger partial charge in [-0.2, -0.15) is 0 Å². The molecule has 0 aromatic carbocycles. The standard InChI is InChI=1S/C10H19NO4/c1-6-9(13)10(14)7(15-6)4-2-3-5-8(11)12/h1,6-10,12-14H,2-5,11H2/t6-,7+,8?,9?,10-/m0/s1. The van der Waals surface area contributed by atoms with Crippen molar-refractivity contribution >= 4 is 0 Å². The molecule has 2 radical (unpaired) electrons. The van der Waals surface area contributed by atoms with Crippen molar-refractivity contribution in [1.82, 2.24) is 0 Å². The van der Waals surface area contributed by atoms with Gasteiger partial charge in [-0.05, 0) is 26.2 Å². The normalized spacial score (nSPS) is 38.2. The minimum atomic E-state index is -1.00. The van der Waals surface area contributed by atoms with Crippen LogP contribution in [-0.4, -0.2) is 46.0 Å². The van der Waals surface area contributed by atoms with Crippen molar-refractivity contribution in [3.05, 3.63) is 6.92 Å². The molecule has 5 heteroatoms. The maximum absolute atomic E-state index is 9.51. The van der Waals surface area contributed by atoms with Crippen LogP contribution in [0.5, 0.6) is 0 Å². The highest BCUT2D eigenvalue weighted by molar-refractivity contribution is 4.91. The van der Waals surface area contributed by atoms with Crippen LogP contribution in [0.25, 0.3) is 0 Å². The smallest absolute Gasteiger partial charge is 0.109 e. The maximum atomic E-state index is 9.51. The van der Waals surface area contributed by atoms with Crippen LogP contribution >= 0.6 is 0 Å². The van der Waals surface area contributed by atoms with E-state index in [9.17, 15) is 10.2 Å². The summed E-state index contributed by atoms with van der Waals surface area (Å²) in [5.41, 5.74) is 5.17. The van der Waals surface area contributed by atoms with Gasteiger partial charge in [0.25, 0.3) is 0 Å². The van der Waals surface area contributed by atoms with Crippen molar-refractivity contribution in [1.29, 1.82) is 0 Å². The van der Waals surface area contributed by atoms with Gasteiger partial charge < -0.3 is 25.8 Å². The van der Waals surface area contributed by atoms with E-state index in [2.05, 4.69) is 0 Å². The predicted molar refractivity (Wildman–Crippen MR) is 53.6 cm³/mol. The zero-order valence-corrected chi connectivity index (χ0v) is 8.62. The topological polar surface area (TPSA) is 95.9 Å². The van der Waals surface area contributed by atoms with Gasteiger partial charge in [0.15, 0.2) is 0 Å². The van der Waals surface area contributed by atoms with Gasteiger partial charge in [-0.1, -0.05) is 6.42 Å². The Bertz CT molecular complexity index is 188. The lowest BCUT2D eigenvalue weighted by atomic mass is 10.0. The second-order valence-electron chi connectivity index (χ2n) is 3.97. The number of hydrogen-bond donors (Lipinski definition) is 4. The van der Waals surface area contributed by atoms with Gasteiger partial charge >= 0.3 is 0 Å². The summed E-state index contributed by atoms with van der Waals surface area (Å²) in [6.45, 7) is 5.42. The quantitative estimate of drug-likeness (QED) is 0.351. The summed E-state index contributed by atoms with van der Waals surface area (Å²) in [4.78, 5) is 0. The van der Waals surface area contributed by atoms with E-state index in [0.717, 1.165) is 12.8 Å². The molecule has 0 amide bonds. The van der Waals surface area contributed by atoms with Crippen LogP contribution in [0.3, 0.4) is 0 Å². The number of unbranched alkanes of at least 4 members (excludes halogenated alkanes) is 1. The molecule has 1 heterocycles. The third-order valence-corrected chi connectivity index (χ3v) is 2.64. The molecule has 88 valence electrons. The first kappa shape index (κ1) is 12.9. The minimum absolute atomic E-state index is 0.412. The summed E-state index contributed by atoms with van der Waals surface area (Å²) in [6.07, 6.45) is -1.25. The lowest BCUT2D eigenvalue weighted by Gasteiger charge is -2.14. The molecule has 15 heavy (non-hydrogen) atoms. The molecule has 1 fully saturated rings. The van der Waals surface area contributed by atoms with Gasteiger partial charge in [0.1, 0.15) is 18.4 Å². The van der Waals surface area contributed by atoms with Crippen LogP contribution in [0.1, 0.15) is 25.7 Å². The van der Waals surface area contributed by atoms with E-state index in [0.29, 0.717) is 12.8 Å². The average Bonchev–Trinajstić information content (AvgIpc) is 2.41. The first-order valence-corrected chi connectivity index (χ1v) is 5.23. The molecule has 2 unspecified atom stereocenters. The Labute approximate surface area is 89.9 Å². The molecular weight excluding hydrogens is 198 g/mol. The monoisotopic (exact) mass is 217 g/mol. The second-order valence-corrected chi connectivity index (χ2v) is 3.97. The Balaban J connectivity index is 2.17. The van der Waals surface area contributed by atoms with E-state index >= 15 is 0 Å². The third-order valence-electron chi connectivity index (χ3n) is 2.64. The highest BCUT2D eigenvalue weighted by Gasteiger charge is 2.39. The van der Waals surface area contributed by atoms with Gasteiger partial charge in [-0.3, -0.25) is 0 Å². The summed E-state index contributed by atoms with van der Waals surface area (Å²) in [7, 11) is 0. The summed E-state index contributed by atoms with van der Waals surface area (Å²) in [6, 6.07) is 0. The Morgan fingerprint density at radius 1 is 1.27 bits per heavy atom. The Hall–Kier alpha value is -0.200. The van der Waals surface area contributed by atoms with Crippen LogP contribution < -0.4 is 5.73 Å². The summed E-state index contributed by atoms with van der Waals surface area (Å²) < 4.78 is 5.18. The van der Waals surface area contributed by atoms with E-state index in [4.69, 9.17) is 22.5 Å². The van der Waals surface area contributed by atoms with E-state index in [1.54, 1.807) is 0 Å². The molecule has 0 aromatic rings. The number of hydrogen-bond acceptors (Lipinski definition) is 5. The van der Waals surface area contributed by atoms with Crippen LogP contribution in [0, 0.1) is 6.92 Å². The molecule has 1 saturated heterocycles. The fraction of sp³-hybridized carbons (Fsp3) is 0.900. The Morgan fingerprint density at radius 2 is 1.93 bits per heavy atom. The van der Waals surface area contributed by atoms with E-state index in [1.807, 2.05) is 0 Å². The third kappa shape index (κ3) is 3.70. The Kier molecular flexibility index (Phi) is 4.95. The fourth-order valence-corrected chi connectivity index (χ4v) is 1.71. The molecule has 1 aliphatic heterocycles. The second kappa shape index (κ2) is 5.77. The maximum Gasteiger partial charge on any atom is 0.109 e.